The van der Waals surface area contributed by atoms with Gasteiger partial charge >= 0.3 is 0 Å². The Morgan fingerprint density at radius 1 is 0.349 bits per heavy atom. The molecule has 63 heavy (non-hydrogen) atoms. The first kappa shape index (κ1) is 40.5. The Bertz CT molecular complexity index is 3380. The van der Waals surface area contributed by atoms with Gasteiger partial charge in [-0.15, -0.1) is 16.4 Å². The van der Waals surface area contributed by atoms with Crippen LogP contribution in [0.25, 0.3) is 77.2 Å². The van der Waals surface area contributed by atoms with E-state index in [9.17, 15) is 0 Å². The van der Waals surface area contributed by atoms with E-state index in [2.05, 4.69) is 84.9 Å². The fourth-order valence-electron chi connectivity index (χ4n) is 8.80. The number of hydrogen-bond acceptors (Lipinski definition) is 2. The van der Waals surface area contributed by atoms with Crippen LogP contribution in [0.15, 0.2) is 162 Å². The van der Waals surface area contributed by atoms with Crippen molar-refractivity contribution < 1.29 is 4.42 Å². The van der Waals surface area contributed by atoms with Gasteiger partial charge in [-0.2, -0.15) is 0 Å². The highest BCUT2D eigenvalue weighted by Gasteiger charge is 2.26. The zero-order valence-electron chi connectivity index (χ0n) is 34.1. The average Bonchev–Trinajstić information content (AvgIpc) is 3.72. The van der Waals surface area contributed by atoms with Gasteiger partial charge in [-0.1, -0.05) is 160 Å². The molecule has 0 spiro atoms. The molecule has 1 aromatic heterocycles. The third kappa shape index (κ3) is 6.63. The van der Waals surface area contributed by atoms with Gasteiger partial charge in [0.05, 0.1) is 5.69 Å². The predicted octanol–water partition coefficient (Wildman–Crippen LogP) is 4.02. The van der Waals surface area contributed by atoms with Crippen LogP contribution in [0.4, 0.5) is 17.1 Å². The molecule has 0 bridgehead atoms. The van der Waals surface area contributed by atoms with Crippen LogP contribution < -0.4 is 54.1 Å². The highest BCUT2D eigenvalue weighted by molar-refractivity contribution is 6.71. The van der Waals surface area contributed by atoms with Crippen molar-refractivity contribution in [3.05, 3.63) is 158 Å². The van der Waals surface area contributed by atoms with Crippen LogP contribution in [0.5, 0.6) is 0 Å². The van der Waals surface area contributed by atoms with E-state index in [1.54, 1.807) is 0 Å². The van der Waals surface area contributed by atoms with Crippen molar-refractivity contribution in [1.29, 1.82) is 0 Å². The summed E-state index contributed by atoms with van der Waals surface area (Å²) in [7, 11) is 60.0. The molecule has 2 nitrogen and oxygen atoms in total. The molecule has 0 fully saturated rings. The van der Waals surface area contributed by atoms with E-state index < -0.39 is 0 Å². The van der Waals surface area contributed by atoms with Crippen LogP contribution in [0.2, 0.25) is 0 Å². The smallest absolute Gasteiger partial charge is 0.143 e. The van der Waals surface area contributed by atoms with E-state index in [1.165, 1.54) is 0 Å². The monoisotopic (exact) mass is 779 g/mol. The number of hydrogen-bond donors (Lipinski definition) is 0. The lowest BCUT2D eigenvalue weighted by molar-refractivity contribution is 0.673. The molecular weight excluding hydrogens is 752 g/mol. The van der Waals surface area contributed by atoms with Gasteiger partial charge < -0.3 is 9.32 Å². The van der Waals surface area contributed by atoms with Crippen molar-refractivity contribution in [1.82, 2.24) is 0 Å². The Kier molecular flexibility index (Phi) is 10.3. The van der Waals surface area contributed by atoms with Crippen LogP contribution >= 0.6 is 0 Å². The van der Waals surface area contributed by atoms with Gasteiger partial charge in [0, 0.05) is 33.1 Å². The third-order valence-corrected chi connectivity index (χ3v) is 12.1. The minimum absolute atomic E-state index is 0.0399. The standard InChI is InChI=1S/C52H26B9NO/c53-42-40(43(54)47(58)48(59)46(42)57)41-44(55)49(60)51(50(61)45(41)56)62(37-15-7-6-12-33(37)30-19-17-28(18-20-30)27-9-2-1-3-10-27)32-24-21-31(22-25-32)34-14-8-16-38-39(34)36-26-23-29-11-4-5-13-35(29)52(36)63-38/h1-26H. The first-order valence-corrected chi connectivity index (χ1v) is 20.3. The molecule has 0 atom stereocenters. The van der Waals surface area contributed by atoms with Crippen LogP contribution in [0.3, 0.4) is 0 Å². The minimum Gasteiger partial charge on any atom is -0.455 e. The zero-order chi connectivity index (χ0) is 43.7. The van der Waals surface area contributed by atoms with Crippen molar-refractivity contribution in [2.75, 3.05) is 4.90 Å². The number of furan rings is 1. The Morgan fingerprint density at radius 3 is 1.54 bits per heavy atom. The summed E-state index contributed by atoms with van der Waals surface area (Å²) in [6.07, 6.45) is 0. The van der Waals surface area contributed by atoms with Crippen molar-refractivity contribution in [3.63, 3.8) is 0 Å². The van der Waals surface area contributed by atoms with Gasteiger partial charge in [0.15, 0.2) is 0 Å². The molecule has 10 rings (SSSR count). The fourth-order valence-corrected chi connectivity index (χ4v) is 8.80. The summed E-state index contributed by atoms with van der Waals surface area (Å²) in [5, 5.41) is 4.24. The highest BCUT2D eigenvalue weighted by atomic mass is 16.3. The second-order valence-corrected chi connectivity index (χ2v) is 15.6. The largest absolute Gasteiger partial charge is 0.455 e. The second kappa shape index (κ2) is 16.0. The van der Waals surface area contributed by atoms with Crippen LogP contribution in [0, 0.1) is 0 Å². The van der Waals surface area contributed by atoms with E-state index in [-0.39, 0.29) is 60.3 Å². The molecule has 0 N–H and O–H groups in total. The summed E-state index contributed by atoms with van der Waals surface area (Å²) in [5.41, 5.74) is 10.6. The Morgan fingerprint density at radius 2 is 0.857 bits per heavy atom. The van der Waals surface area contributed by atoms with Gasteiger partial charge in [-0.05, 0) is 74.7 Å². The second-order valence-electron chi connectivity index (χ2n) is 15.6. The molecular formula is C52H26B9NO. The average molecular weight is 778 g/mol. The fraction of sp³-hybridized carbons (Fsp3) is 0. The molecule has 0 aliphatic rings. The van der Waals surface area contributed by atoms with Gasteiger partial charge in [0.2, 0.25) is 0 Å². The van der Waals surface area contributed by atoms with Crippen molar-refractivity contribution in [2.45, 2.75) is 0 Å². The summed E-state index contributed by atoms with van der Waals surface area (Å²) < 4.78 is 6.52. The molecule has 0 saturated heterocycles. The predicted molar refractivity (Wildman–Crippen MR) is 276 cm³/mol. The molecule has 272 valence electrons. The van der Waals surface area contributed by atoms with E-state index in [0.29, 0.717) is 5.69 Å². The van der Waals surface area contributed by atoms with Crippen molar-refractivity contribution in [2.24, 2.45) is 0 Å². The Hall–Kier alpha value is -6.58. The lowest BCUT2D eigenvalue weighted by Crippen LogP contribution is -2.57. The first-order chi connectivity index (χ1) is 30.5. The van der Waals surface area contributed by atoms with Crippen LogP contribution in [0.1, 0.15) is 0 Å². The molecule has 0 saturated carbocycles. The van der Waals surface area contributed by atoms with Crippen LogP contribution in [-0.4, -0.2) is 70.6 Å². The maximum atomic E-state index is 7.13. The number of fused-ring (bicyclic) bond motifs is 5. The van der Waals surface area contributed by atoms with E-state index >= 15 is 0 Å². The lowest BCUT2D eigenvalue weighted by atomic mass is 9.56. The third-order valence-electron chi connectivity index (χ3n) is 12.1. The molecule has 9 aromatic carbocycles. The lowest BCUT2D eigenvalue weighted by Gasteiger charge is -2.35. The summed E-state index contributed by atoms with van der Waals surface area (Å²) in [4.78, 5) is 1.98. The van der Waals surface area contributed by atoms with Gasteiger partial charge in [-0.3, -0.25) is 0 Å². The SMILES string of the molecule is [B]c1c([B])c([B])c(-c2c([B])c([B])c(N(c3ccc(-c4cccc5oc6c7ccccc7ccc6c45)cc3)c3ccccc3-c3ccc(-c4ccccc4)cc3)c([B])c2[B])c([B])c1[B]. The van der Waals surface area contributed by atoms with E-state index in [0.717, 1.165) is 77.5 Å². The molecule has 0 unspecified atom stereocenters. The molecule has 0 aliphatic carbocycles. The summed E-state index contributed by atoms with van der Waals surface area (Å²) in [5.74, 6) is 0. The molecule has 1 heterocycles. The van der Waals surface area contributed by atoms with Crippen molar-refractivity contribution in [3.8, 4) is 44.5 Å². The Balaban J connectivity index is 1.17. The van der Waals surface area contributed by atoms with Gasteiger partial charge in [-0.25, -0.2) is 0 Å². The van der Waals surface area contributed by atoms with E-state index in [4.69, 9.17) is 75.0 Å². The number of benzene rings is 9. The number of rotatable bonds is 7. The van der Waals surface area contributed by atoms with Gasteiger partial charge in [0.25, 0.3) is 0 Å². The maximum absolute atomic E-state index is 7.13. The maximum Gasteiger partial charge on any atom is 0.143 e. The summed E-state index contributed by atoms with van der Waals surface area (Å²) in [6, 6.07) is 53.5. The molecule has 0 aliphatic heterocycles. The number of anilines is 3. The van der Waals surface area contributed by atoms with Crippen molar-refractivity contribution >= 4 is 170 Å². The minimum atomic E-state index is 0.0399. The highest BCUT2D eigenvalue weighted by Crippen LogP contribution is 2.43. The molecule has 0 amide bonds. The Labute approximate surface area is 379 Å². The summed E-state index contributed by atoms with van der Waals surface area (Å²) >= 11 is 0. The number of para-hydroxylation sites is 1. The first-order valence-electron chi connectivity index (χ1n) is 20.3. The molecule has 10 aromatic rings. The summed E-state index contributed by atoms with van der Waals surface area (Å²) in [6.45, 7) is 0. The quantitative estimate of drug-likeness (QED) is 0.228. The zero-order valence-corrected chi connectivity index (χ0v) is 34.1. The topological polar surface area (TPSA) is 16.4 Å². The normalized spacial score (nSPS) is 11.4. The molecule has 18 radical (unpaired) electrons. The number of nitrogens with zero attached hydrogens (tertiary/aromatic N) is 1. The van der Waals surface area contributed by atoms with Gasteiger partial charge in [0.1, 0.15) is 81.8 Å². The molecule has 11 heteroatoms. The van der Waals surface area contributed by atoms with Crippen LogP contribution in [-0.2, 0) is 0 Å². The van der Waals surface area contributed by atoms with E-state index in [1.807, 2.05) is 77.7 Å².